The van der Waals surface area contributed by atoms with Crippen molar-refractivity contribution in [3.05, 3.63) is 54.2 Å². The van der Waals surface area contributed by atoms with Crippen molar-refractivity contribution in [2.75, 3.05) is 51.2 Å². The molecule has 0 radical (unpaired) electrons. The summed E-state index contributed by atoms with van der Waals surface area (Å²) in [6.07, 6.45) is 9.18. The van der Waals surface area contributed by atoms with E-state index in [-0.39, 0.29) is 5.82 Å². The summed E-state index contributed by atoms with van der Waals surface area (Å²) < 4.78 is 16.2. The second kappa shape index (κ2) is 10.0. The largest absolute Gasteiger partial charge is 0.352 e. The minimum absolute atomic E-state index is 0.328. The van der Waals surface area contributed by atoms with Crippen LogP contribution in [0.15, 0.2) is 42.9 Å². The first-order valence-electron chi connectivity index (χ1n) is 13.8. The van der Waals surface area contributed by atoms with E-state index in [1.165, 1.54) is 19.3 Å². The Morgan fingerprint density at radius 1 is 0.949 bits per heavy atom. The molecule has 2 aliphatic heterocycles. The fourth-order valence-corrected chi connectivity index (χ4v) is 5.85. The molecule has 200 valence electrons. The van der Waals surface area contributed by atoms with E-state index >= 15 is 4.39 Å². The quantitative estimate of drug-likeness (QED) is 0.350. The Morgan fingerprint density at radius 3 is 2.64 bits per heavy atom. The van der Waals surface area contributed by atoms with Crippen LogP contribution in [0.4, 0.5) is 10.2 Å². The van der Waals surface area contributed by atoms with Gasteiger partial charge < -0.3 is 14.8 Å². The van der Waals surface area contributed by atoms with Gasteiger partial charge in [-0.2, -0.15) is 5.10 Å². The van der Waals surface area contributed by atoms with Crippen LogP contribution >= 0.6 is 0 Å². The molecule has 0 unspecified atom stereocenters. The molecule has 0 spiro atoms. The van der Waals surface area contributed by atoms with Crippen LogP contribution in [0.1, 0.15) is 24.8 Å². The van der Waals surface area contributed by atoms with Gasteiger partial charge in [-0.3, -0.25) is 15.0 Å². The molecule has 9 nitrogen and oxygen atoms in total. The molecule has 0 bridgehead atoms. The molecule has 0 aliphatic carbocycles. The zero-order valence-electron chi connectivity index (χ0n) is 22.1. The van der Waals surface area contributed by atoms with Crippen molar-refractivity contribution in [2.45, 2.75) is 25.8 Å². The molecule has 0 saturated carbocycles. The van der Waals surface area contributed by atoms with Gasteiger partial charge in [-0.15, -0.1) is 0 Å². The van der Waals surface area contributed by atoms with Crippen molar-refractivity contribution in [2.24, 2.45) is 0 Å². The van der Waals surface area contributed by atoms with Crippen LogP contribution in [-0.2, 0) is 6.54 Å². The number of rotatable bonds is 5. The zero-order valence-corrected chi connectivity index (χ0v) is 22.1. The third kappa shape index (κ3) is 4.53. The van der Waals surface area contributed by atoms with Crippen molar-refractivity contribution in [3.63, 3.8) is 0 Å². The number of aromatic amines is 2. The molecular weight excluding hydrogens is 493 g/mol. The molecule has 4 aromatic heterocycles. The first-order chi connectivity index (χ1) is 19.1. The zero-order chi connectivity index (χ0) is 26.3. The Hall–Kier alpha value is -3.89. The summed E-state index contributed by atoms with van der Waals surface area (Å²) in [4.78, 5) is 24.4. The van der Waals surface area contributed by atoms with Gasteiger partial charge in [-0.05, 0) is 62.8 Å². The lowest BCUT2D eigenvalue weighted by molar-refractivity contribution is 0.220. The standard InChI is InChI=1S/C29H32FN9/c1-37-11-13-39(14-12-37)29-26-23(7-8-32-29)33-28(34-26)27-24-22(35-36-27)6-5-21(25(24)30)20-15-19(16-31-17-20)18-38-9-3-2-4-10-38/h5-8,15-17H,2-4,9-14,18H2,1H3,(H,33,34)(H,35,36). The summed E-state index contributed by atoms with van der Waals surface area (Å²) in [6.45, 7) is 6.77. The van der Waals surface area contributed by atoms with E-state index in [1.807, 2.05) is 18.3 Å². The number of imidazole rings is 1. The molecule has 2 saturated heterocycles. The number of anilines is 1. The Bertz CT molecular complexity index is 1630. The molecule has 10 heteroatoms. The van der Waals surface area contributed by atoms with Crippen LogP contribution in [0.25, 0.3) is 44.6 Å². The number of hydrogen-bond donors (Lipinski definition) is 2. The Labute approximate surface area is 226 Å². The van der Waals surface area contributed by atoms with Gasteiger partial charge in [0.15, 0.2) is 11.6 Å². The van der Waals surface area contributed by atoms with Crippen LogP contribution in [0, 0.1) is 5.82 Å². The fraction of sp³-hybridized carbons (Fsp3) is 0.379. The van der Waals surface area contributed by atoms with Gasteiger partial charge in [0.05, 0.1) is 16.4 Å². The number of halogens is 1. The number of piperidine rings is 1. The highest BCUT2D eigenvalue weighted by Gasteiger charge is 2.23. The highest BCUT2D eigenvalue weighted by Crippen LogP contribution is 2.35. The normalized spacial score (nSPS) is 17.4. The molecule has 39 heavy (non-hydrogen) atoms. The minimum atomic E-state index is -0.328. The SMILES string of the molecule is CN1CCN(c2nccc3[nH]c(-c4n[nH]c5ccc(-c6cncc(CN7CCCCC7)c6)c(F)c45)nc23)CC1. The summed E-state index contributed by atoms with van der Waals surface area (Å²) >= 11 is 0. The average molecular weight is 526 g/mol. The van der Waals surface area contributed by atoms with Gasteiger partial charge in [-0.25, -0.2) is 14.4 Å². The molecule has 7 rings (SSSR count). The van der Waals surface area contributed by atoms with Gasteiger partial charge in [0.2, 0.25) is 0 Å². The number of H-pyrrole nitrogens is 2. The van der Waals surface area contributed by atoms with E-state index in [4.69, 9.17) is 4.98 Å². The number of hydrogen-bond acceptors (Lipinski definition) is 7. The third-order valence-electron chi connectivity index (χ3n) is 8.04. The van der Waals surface area contributed by atoms with Crippen molar-refractivity contribution < 1.29 is 4.39 Å². The number of pyridine rings is 2. The summed E-state index contributed by atoms with van der Waals surface area (Å²) in [5.41, 5.74) is 5.10. The summed E-state index contributed by atoms with van der Waals surface area (Å²) in [6, 6.07) is 7.64. The number of aromatic nitrogens is 6. The van der Waals surface area contributed by atoms with E-state index in [0.717, 1.165) is 73.8 Å². The van der Waals surface area contributed by atoms with Gasteiger partial charge >= 0.3 is 0 Å². The van der Waals surface area contributed by atoms with E-state index in [2.05, 4.69) is 53.0 Å². The predicted molar refractivity (Wildman–Crippen MR) is 151 cm³/mol. The average Bonchev–Trinajstić information content (AvgIpc) is 3.59. The first kappa shape index (κ1) is 24.2. The van der Waals surface area contributed by atoms with Crippen LogP contribution in [-0.4, -0.2) is 86.2 Å². The van der Waals surface area contributed by atoms with Crippen LogP contribution in [0.3, 0.4) is 0 Å². The molecule has 2 fully saturated rings. The number of fused-ring (bicyclic) bond motifs is 2. The van der Waals surface area contributed by atoms with E-state index in [0.29, 0.717) is 28.0 Å². The topological polar surface area (TPSA) is 92.9 Å². The molecule has 0 amide bonds. The first-order valence-corrected chi connectivity index (χ1v) is 13.8. The minimum Gasteiger partial charge on any atom is -0.352 e. The van der Waals surface area contributed by atoms with Gasteiger partial charge in [-0.1, -0.05) is 6.42 Å². The van der Waals surface area contributed by atoms with E-state index < -0.39 is 0 Å². The molecule has 6 heterocycles. The lowest BCUT2D eigenvalue weighted by Crippen LogP contribution is -2.44. The maximum Gasteiger partial charge on any atom is 0.159 e. The molecule has 2 N–H and O–H groups in total. The number of likely N-dealkylation sites (N-methyl/N-ethyl adjacent to an activating group) is 1. The number of likely N-dealkylation sites (tertiary alicyclic amines) is 1. The smallest absolute Gasteiger partial charge is 0.159 e. The third-order valence-corrected chi connectivity index (χ3v) is 8.04. The number of nitrogens with one attached hydrogen (secondary N) is 2. The lowest BCUT2D eigenvalue weighted by Gasteiger charge is -2.33. The Morgan fingerprint density at radius 2 is 1.79 bits per heavy atom. The highest BCUT2D eigenvalue weighted by molar-refractivity contribution is 5.97. The summed E-state index contributed by atoms with van der Waals surface area (Å²) in [7, 11) is 2.13. The van der Waals surface area contributed by atoms with E-state index in [1.54, 1.807) is 18.5 Å². The molecule has 0 atom stereocenters. The van der Waals surface area contributed by atoms with Gasteiger partial charge in [0.25, 0.3) is 0 Å². The molecular formula is C29H32FN9. The van der Waals surface area contributed by atoms with Crippen molar-refractivity contribution in [1.82, 2.24) is 39.9 Å². The predicted octanol–water partition coefficient (Wildman–Crippen LogP) is 4.44. The molecule has 5 aromatic rings. The molecule has 2 aliphatic rings. The second-order valence-corrected chi connectivity index (χ2v) is 10.7. The molecule has 1 aromatic carbocycles. The number of nitrogens with zero attached hydrogens (tertiary/aromatic N) is 7. The Balaban J connectivity index is 1.25. The Kier molecular flexibility index (Phi) is 6.21. The van der Waals surface area contributed by atoms with Crippen LogP contribution in [0.2, 0.25) is 0 Å². The van der Waals surface area contributed by atoms with Crippen molar-refractivity contribution >= 4 is 27.8 Å². The van der Waals surface area contributed by atoms with Gasteiger partial charge in [0, 0.05) is 62.4 Å². The number of piperazine rings is 1. The van der Waals surface area contributed by atoms with E-state index in [9.17, 15) is 0 Å². The summed E-state index contributed by atoms with van der Waals surface area (Å²) in [5.74, 6) is 1.04. The van der Waals surface area contributed by atoms with Gasteiger partial charge in [0.1, 0.15) is 17.0 Å². The summed E-state index contributed by atoms with van der Waals surface area (Å²) in [5, 5.41) is 7.90. The maximum atomic E-state index is 16.2. The van der Waals surface area contributed by atoms with Crippen molar-refractivity contribution in [1.29, 1.82) is 0 Å². The van der Waals surface area contributed by atoms with Crippen molar-refractivity contribution in [3.8, 4) is 22.6 Å². The maximum absolute atomic E-state index is 16.2. The highest BCUT2D eigenvalue weighted by atomic mass is 19.1. The van der Waals surface area contributed by atoms with Crippen LogP contribution in [0.5, 0.6) is 0 Å². The monoisotopic (exact) mass is 525 g/mol. The van der Waals surface area contributed by atoms with Crippen LogP contribution < -0.4 is 4.90 Å². The lowest BCUT2D eigenvalue weighted by atomic mass is 10.0. The number of benzene rings is 1. The second-order valence-electron chi connectivity index (χ2n) is 10.7. The fourth-order valence-electron chi connectivity index (χ4n) is 5.85.